The SMILES string of the molecule is CCCC(C(=O)OCC)C(=O)C1(OC)CCCCC1. The summed E-state index contributed by atoms with van der Waals surface area (Å²) in [7, 11) is 1.58. The topological polar surface area (TPSA) is 52.6 Å². The van der Waals surface area contributed by atoms with Crippen molar-refractivity contribution in [3.05, 3.63) is 0 Å². The summed E-state index contributed by atoms with van der Waals surface area (Å²) in [5.41, 5.74) is -0.759. The van der Waals surface area contributed by atoms with Crippen LogP contribution in [0.25, 0.3) is 0 Å². The largest absolute Gasteiger partial charge is 0.465 e. The fourth-order valence-electron chi connectivity index (χ4n) is 2.88. The van der Waals surface area contributed by atoms with Gasteiger partial charge >= 0.3 is 5.97 Å². The van der Waals surface area contributed by atoms with Crippen LogP contribution >= 0.6 is 0 Å². The normalized spacial score (nSPS) is 19.7. The fourth-order valence-corrected chi connectivity index (χ4v) is 2.88. The molecular weight excluding hydrogens is 244 g/mol. The number of carbonyl (C=O) groups is 2. The van der Waals surface area contributed by atoms with Crippen molar-refractivity contribution in [2.45, 2.75) is 64.4 Å². The van der Waals surface area contributed by atoms with Gasteiger partial charge in [-0.3, -0.25) is 9.59 Å². The summed E-state index contributed by atoms with van der Waals surface area (Å²) in [6.07, 6.45) is 5.89. The number of esters is 1. The lowest BCUT2D eigenvalue weighted by atomic mass is 9.76. The van der Waals surface area contributed by atoms with Crippen LogP contribution in [0.2, 0.25) is 0 Å². The number of ketones is 1. The van der Waals surface area contributed by atoms with E-state index in [1.165, 1.54) is 0 Å². The molecular formula is C15H26O4. The fraction of sp³-hybridized carbons (Fsp3) is 0.867. The van der Waals surface area contributed by atoms with Crippen LogP contribution in [0.5, 0.6) is 0 Å². The maximum absolute atomic E-state index is 12.7. The van der Waals surface area contributed by atoms with Crippen molar-refractivity contribution in [3.63, 3.8) is 0 Å². The van der Waals surface area contributed by atoms with Gasteiger partial charge in [-0.05, 0) is 26.2 Å². The summed E-state index contributed by atoms with van der Waals surface area (Å²) in [6.45, 7) is 4.05. The molecule has 110 valence electrons. The highest BCUT2D eigenvalue weighted by molar-refractivity contribution is 6.03. The second kappa shape index (κ2) is 7.63. The van der Waals surface area contributed by atoms with Gasteiger partial charge in [-0.1, -0.05) is 32.6 Å². The standard InChI is InChI=1S/C15H26O4/c1-4-9-12(14(17)19-5-2)13(16)15(18-3)10-7-6-8-11-15/h12H,4-11H2,1-3H3. The molecule has 0 aromatic rings. The molecule has 0 spiro atoms. The lowest BCUT2D eigenvalue weighted by Crippen LogP contribution is -2.48. The second-order valence-corrected chi connectivity index (χ2v) is 5.22. The van der Waals surface area contributed by atoms with Crippen LogP contribution in [-0.2, 0) is 19.1 Å². The Kier molecular flexibility index (Phi) is 6.49. The molecule has 4 nitrogen and oxygen atoms in total. The molecule has 0 heterocycles. The number of methoxy groups -OCH3 is 1. The third-order valence-corrected chi connectivity index (χ3v) is 3.97. The van der Waals surface area contributed by atoms with Crippen molar-refractivity contribution in [3.8, 4) is 0 Å². The third-order valence-electron chi connectivity index (χ3n) is 3.97. The molecule has 1 fully saturated rings. The highest BCUT2D eigenvalue weighted by atomic mass is 16.5. The Morgan fingerprint density at radius 3 is 2.26 bits per heavy atom. The first-order valence-electron chi connectivity index (χ1n) is 7.37. The van der Waals surface area contributed by atoms with Crippen LogP contribution in [0.3, 0.4) is 0 Å². The smallest absolute Gasteiger partial charge is 0.316 e. The number of ether oxygens (including phenoxy) is 2. The Hall–Kier alpha value is -0.900. The molecule has 0 saturated heterocycles. The Labute approximate surface area is 115 Å². The molecule has 1 unspecified atom stereocenters. The number of carbonyl (C=O) groups excluding carboxylic acids is 2. The van der Waals surface area contributed by atoms with E-state index in [9.17, 15) is 9.59 Å². The highest BCUT2D eigenvalue weighted by Crippen LogP contribution is 2.35. The van der Waals surface area contributed by atoms with Crippen molar-refractivity contribution in [2.75, 3.05) is 13.7 Å². The first-order chi connectivity index (χ1) is 9.11. The van der Waals surface area contributed by atoms with Gasteiger partial charge in [-0.2, -0.15) is 0 Å². The van der Waals surface area contributed by atoms with E-state index in [2.05, 4.69) is 0 Å². The van der Waals surface area contributed by atoms with E-state index in [1.54, 1.807) is 14.0 Å². The molecule has 1 saturated carbocycles. The molecule has 1 aliphatic rings. The molecule has 1 atom stereocenters. The molecule has 0 aromatic carbocycles. The maximum atomic E-state index is 12.7. The molecule has 0 N–H and O–H groups in total. The van der Waals surface area contributed by atoms with Crippen LogP contribution in [0.4, 0.5) is 0 Å². The summed E-state index contributed by atoms with van der Waals surface area (Å²) in [6, 6.07) is 0. The van der Waals surface area contributed by atoms with Gasteiger partial charge in [0.2, 0.25) is 0 Å². The van der Waals surface area contributed by atoms with Crippen molar-refractivity contribution >= 4 is 11.8 Å². The van der Waals surface area contributed by atoms with Gasteiger partial charge in [0.15, 0.2) is 5.78 Å². The second-order valence-electron chi connectivity index (χ2n) is 5.22. The maximum Gasteiger partial charge on any atom is 0.316 e. The van der Waals surface area contributed by atoms with E-state index in [0.717, 1.165) is 38.5 Å². The monoisotopic (exact) mass is 270 g/mol. The zero-order valence-corrected chi connectivity index (χ0v) is 12.4. The molecule has 0 aliphatic heterocycles. The van der Waals surface area contributed by atoms with Gasteiger partial charge < -0.3 is 9.47 Å². The molecule has 19 heavy (non-hydrogen) atoms. The van der Waals surface area contributed by atoms with E-state index < -0.39 is 17.5 Å². The Bertz CT molecular complexity index is 305. The first kappa shape index (κ1) is 16.2. The van der Waals surface area contributed by atoms with Crippen LogP contribution in [0.1, 0.15) is 58.8 Å². The zero-order chi connectivity index (χ0) is 14.3. The van der Waals surface area contributed by atoms with Crippen LogP contribution in [-0.4, -0.2) is 31.1 Å². The van der Waals surface area contributed by atoms with Gasteiger partial charge in [-0.25, -0.2) is 0 Å². The molecule has 1 aliphatic carbocycles. The summed E-state index contributed by atoms with van der Waals surface area (Å²) in [5, 5.41) is 0. The minimum absolute atomic E-state index is 0.0741. The lowest BCUT2D eigenvalue weighted by Gasteiger charge is -2.36. The van der Waals surface area contributed by atoms with Gasteiger partial charge in [0.25, 0.3) is 0 Å². The van der Waals surface area contributed by atoms with E-state index >= 15 is 0 Å². The average molecular weight is 270 g/mol. The minimum Gasteiger partial charge on any atom is -0.465 e. The van der Waals surface area contributed by atoms with Crippen molar-refractivity contribution in [2.24, 2.45) is 5.92 Å². The molecule has 0 radical (unpaired) electrons. The third kappa shape index (κ3) is 3.78. The quantitative estimate of drug-likeness (QED) is 0.527. The molecule has 0 aromatic heterocycles. The van der Waals surface area contributed by atoms with E-state index in [0.29, 0.717) is 13.0 Å². The van der Waals surface area contributed by atoms with Gasteiger partial charge in [-0.15, -0.1) is 0 Å². The highest BCUT2D eigenvalue weighted by Gasteiger charge is 2.45. The van der Waals surface area contributed by atoms with Gasteiger partial charge in [0.05, 0.1) is 6.61 Å². The van der Waals surface area contributed by atoms with Crippen LogP contribution in [0.15, 0.2) is 0 Å². The Balaban J connectivity index is 2.86. The van der Waals surface area contributed by atoms with Crippen LogP contribution < -0.4 is 0 Å². The van der Waals surface area contributed by atoms with Crippen molar-refractivity contribution in [1.29, 1.82) is 0 Å². The van der Waals surface area contributed by atoms with Crippen molar-refractivity contribution < 1.29 is 19.1 Å². The van der Waals surface area contributed by atoms with Gasteiger partial charge in [0, 0.05) is 7.11 Å². The summed E-state index contributed by atoms with van der Waals surface area (Å²) in [5.74, 6) is -1.13. The molecule has 4 heteroatoms. The number of hydrogen-bond donors (Lipinski definition) is 0. The molecule has 1 rings (SSSR count). The van der Waals surface area contributed by atoms with E-state index in [4.69, 9.17) is 9.47 Å². The summed E-state index contributed by atoms with van der Waals surface area (Å²) < 4.78 is 10.6. The predicted octanol–water partition coefficient (Wildman–Crippen LogP) is 2.88. The number of Topliss-reactive ketones (excluding diaryl/α,β-unsaturated/α-hetero) is 1. The Morgan fingerprint density at radius 2 is 1.79 bits per heavy atom. The summed E-state index contributed by atoms with van der Waals surface area (Å²) in [4.78, 5) is 24.7. The lowest BCUT2D eigenvalue weighted by molar-refractivity contribution is -0.162. The predicted molar refractivity (Wildman–Crippen MR) is 72.9 cm³/mol. The van der Waals surface area contributed by atoms with Crippen LogP contribution in [0, 0.1) is 5.92 Å². The number of rotatable bonds is 7. The van der Waals surface area contributed by atoms with Gasteiger partial charge in [0.1, 0.15) is 11.5 Å². The van der Waals surface area contributed by atoms with E-state index in [-0.39, 0.29) is 5.78 Å². The Morgan fingerprint density at radius 1 is 1.16 bits per heavy atom. The average Bonchev–Trinajstić information content (AvgIpc) is 2.45. The van der Waals surface area contributed by atoms with Crippen molar-refractivity contribution in [1.82, 2.24) is 0 Å². The summed E-state index contributed by atoms with van der Waals surface area (Å²) >= 11 is 0. The zero-order valence-electron chi connectivity index (χ0n) is 12.4. The number of hydrogen-bond acceptors (Lipinski definition) is 4. The van der Waals surface area contributed by atoms with E-state index in [1.807, 2.05) is 6.92 Å². The molecule has 0 bridgehead atoms. The minimum atomic E-state index is -0.759. The first-order valence-corrected chi connectivity index (χ1v) is 7.37. The molecule has 0 amide bonds.